The Morgan fingerprint density at radius 3 is 2.71 bits per heavy atom. The van der Waals surface area contributed by atoms with Crippen LogP contribution in [-0.2, 0) is 13.1 Å². The average molecular weight is 444 g/mol. The van der Waals surface area contributed by atoms with Crippen LogP contribution in [0.25, 0.3) is 0 Å². The highest BCUT2D eigenvalue weighted by atomic mass is 127. The molecule has 5 nitrogen and oxygen atoms in total. The predicted octanol–water partition coefficient (Wildman–Crippen LogP) is 3.10. The Morgan fingerprint density at radius 1 is 1.21 bits per heavy atom. The van der Waals surface area contributed by atoms with E-state index < -0.39 is 0 Å². The lowest BCUT2D eigenvalue weighted by Crippen LogP contribution is -2.37. The zero-order chi connectivity index (χ0) is 16.5. The molecule has 0 fully saturated rings. The summed E-state index contributed by atoms with van der Waals surface area (Å²) in [5, 5.41) is 6.35. The number of pyridine rings is 1. The van der Waals surface area contributed by atoms with E-state index in [2.05, 4.69) is 20.6 Å². The van der Waals surface area contributed by atoms with Crippen molar-refractivity contribution in [2.24, 2.45) is 4.99 Å². The van der Waals surface area contributed by atoms with Crippen molar-refractivity contribution in [3.63, 3.8) is 0 Å². The lowest BCUT2D eigenvalue weighted by atomic mass is 10.2. The first-order chi connectivity index (χ1) is 11.2. The van der Waals surface area contributed by atoms with E-state index in [4.69, 9.17) is 4.74 Å². The molecule has 2 aromatic rings. The van der Waals surface area contributed by atoms with E-state index in [1.807, 2.05) is 25.1 Å². The fourth-order valence-corrected chi connectivity index (χ4v) is 1.99. The third-order valence-electron chi connectivity index (χ3n) is 3.08. The minimum atomic E-state index is -0.253. The maximum absolute atomic E-state index is 13.2. The smallest absolute Gasteiger partial charge is 0.213 e. The van der Waals surface area contributed by atoms with Gasteiger partial charge in [-0.3, -0.25) is 0 Å². The number of nitrogens with zero attached hydrogens (tertiary/aromatic N) is 2. The summed E-state index contributed by atoms with van der Waals surface area (Å²) in [6, 6.07) is 12.0. The molecule has 2 N–H and O–H groups in total. The van der Waals surface area contributed by atoms with Crippen LogP contribution >= 0.6 is 24.0 Å². The zero-order valence-electron chi connectivity index (χ0n) is 13.8. The highest BCUT2D eigenvalue weighted by molar-refractivity contribution is 14.0. The Kier molecular flexibility index (Phi) is 9.06. The molecule has 7 heteroatoms. The van der Waals surface area contributed by atoms with E-state index in [0.29, 0.717) is 24.9 Å². The third kappa shape index (κ3) is 6.69. The van der Waals surface area contributed by atoms with E-state index in [9.17, 15) is 4.39 Å². The molecule has 130 valence electrons. The van der Waals surface area contributed by atoms with E-state index in [0.717, 1.165) is 17.8 Å². The summed E-state index contributed by atoms with van der Waals surface area (Å²) in [6.45, 7) is 3.65. The first-order valence-corrected chi connectivity index (χ1v) is 7.48. The van der Waals surface area contributed by atoms with Crippen molar-refractivity contribution >= 4 is 29.9 Å². The van der Waals surface area contributed by atoms with Crippen LogP contribution in [0.3, 0.4) is 0 Å². The highest BCUT2D eigenvalue weighted by Gasteiger charge is 2.01. The molecule has 0 saturated carbocycles. The van der Waals surface area contributed by atoms with Crippen LogP contribution in [0.15, 0.2) is 47.5 Å². The van der Waals surface area contributed by atoms with Crippen molar-refractivity contribution < 1.29 is 9.13 Å². The van der Waals surface area contributed by atoms with Crippen molar-refractivity contribution in [2.45, 2.75) is 20.0 Å². The summed E-state index contributed by atoms with van der Waals surface area (Å²) in [7, 11) is 1.59. The zero-order valence-corrected chi connectivity index (χ0v) is 16.1. The second-order valence-electron chi connectivity index (χ2n) is 4.85. The van der Waals surface area contributed by atoms with E-state index in [1.165, 1.54) is 12.1 Å². The van der Waals surface area contributed by atoms with Gasteiger partial charge in [0.2, 0.25) is 5.88 Å². The molecule has 2 rings (SSSR count). The monoisotopic (exact) mass is 444 g/mol. The van der Waals surface area contributed by atoms with Gasteiger partial charge in [0.25, 0.3) is 0 Å². The molecule has 0 unspecified atom stereocenters. The molecular weight excluding hydrogens is 422 g/mol. The topological polar surface area (TPSA) is 58.5 Å². The molecule has 1 heterocycles. The molecule has 0 bridgehead atoms. The molecule has 0 radical (unpaired) electrons. The summed E-state index contributed by atoms with van der Waals surface area (Å²) in [6.07, 6.45) is 0. The first kappa shape index (κ1) is 20.1. The lowest BCUT2D eigenvalue weighted by Gasteiger charge is -2.11. The number of nitrogens with one attached hydrogen (secondary N) is 2. The van der Waals surface area contributed by atoms with Gasteiger partial charge in [0.1, 0.15) is 5.82 Å². The Hall–Kier alpha value is -1.90. The normalized spacial score (nSPS) is 10.7. The number of aromatic nitrogens is 1. The van der Waals surface area contributed by atoms with Gasteiger partial charge in [0, 0.05) is 12.6 Å². The van der Waals surface area contributed by atoms with Gasteiger partial charge in [-0.25, -0.2) is 14.4 Å². The minimum absolute atomic E-state index is 0. The van der Waals surface area contributed by atoms with Crippen LogP contribution in [-0.4, -0.2) is 24.6 Å². The first-order valence-electron chi connectivity index (χ1n) is 7.48. The largest absolute Gasteiger partial charge is 0.481 e. The summed E-state index contributed by atoms with van der Waals surface area (Å²) >= 11 is 0. The number of benzene rings is 1. The van der Waals surface area contributed by atoms with E-state index in [-0.39, 0.29) is 29.8 Å². The Morgan fingerprint density at radius 2 is 2.00 bits per heavy atom. The number of halogens is 2. The van der Waals surface area contributed by atoms with Gasteiger partial charge in [0.05, 0.1) is 25.9 Å². The quantitative estimate of drug-likeness (QED) is 0.409. The Bertz CT molecular complexity index is 667. The number of aliphatic imine (C=N–C) groups is 1. The average Bonchev–Trinajstić information content (AvgIpc) is 2.57. The van der Waals surface area contributed by atoms with Crippen LogP contribution in [0.1, 0.15) is 18.2 Å². The molecule has 0 spiro atoms. The number of methoxy groups -OCH3 is 1. The molecule has 0 atom stereocenters. The van der Waals surface area contributed by atoms with Crippen molar-refractivity contribution in [1.29, 1.82) is 0 Å². The van der Waals surface area contributed by atoms with Gasteiger partial charge in [-0.1, -0.05) is 18.2 Å². The summed E-state index contributed by atoms with van der Waals surface area (Å²) in [5.41, 5.74) is 1.67. The van der Waals surface area contributed by atoms with Crippen molar-refractivity contribution in [3.8, 4) is 5.88 Å². The third-order valence-corrected chi connectivity index (χ3v) is 3.08. The molecule has 1 aromatic carbocycles. The number of rotatable bonds is 6. The van der Waals surface area contributed by atoms with Crippen LogP contribution in [0.4, 0.5) is 4.39 Å². The van der Waals surface area contributed by atoms with E-state index in [1.54, 1.807) is 19.2 Å². The number of hydrogen-bond donors (Lipinski definition) is 2. The van der Waals surface area contributed by atoms with Crippen molar-refractivity contribution in [3.05, 3.63) is 59.5 Å². The molecule has 0 aliphatic rings. The molecule has 0 aliphatic carbocycles. The van der Waals surface area contributed by atoms with Gasteiger partial charge in [-0.2, -0.15) is 0 Å². The SMILES string of the molecule is CCNC(=NCc1cccc(F)c1)NCc1cccc(OC)n1.I. The molecule has 1 aromatic heterocycles. The maximum atomic E-state index is 13.2. The van der Waals surface area contributed by atoms with Crippen LogP contribution < -0.4 is 15.4 Å². The van der Waals surface area contributed by atoms with Crippen LogP contribution in [0.5, 0.6) is 5.88 Å². The van der Waals surface area contributed by atoms with Gasteiger partial charge in [-0.05, 0) is 30.7 Å². The maximum Gasteiger partial charge on any atom is 0.213 e. The predicted molar refractivity (Wildman–Crippen MR) is 104 cm³/mol. The number of guanidine groups is 1. The molecular formula is C17H22FIN4O. The highest BCUT2D eigenvalue weighted by Crippen LogP contribution is 2.07. The second kappa shape index (κ2) is 10.8. The van der Waals surface area contributed by atoms with Crippen LogP contribution in [0, 0.1) is 5.82 Å². The molecule has 24 heavy (non-hydrogen) atoms. The number of hydrogen-bond acceptors (Lipinski definition) is 3. The van der Waals surface area contributed by atoms with Crippen molar-refractivity contribution in [1.82, 2.24) is 15.6 Å². The standard InChI is InChI=1S/C17H21FN4O.HI/c1-3-19-17(20-11-13-6-4-7-14(18)10-13)21-12-15-8-5-9-16(22-15)23-2;/h4-10H,3,11-12H2,1-2H3,(H2,19,20,21);1H. The van der Waals surface area contributed by atoms with Gasteiger partial charge < -0.3 is 15.4 Å². The fourth-order valence-electron chi connectivity index (χ4n) is 1.99. The fraction of sp³-hybridized carbons (Fsp3) is 0.294. The second-order valence-corrected chi connectivity index (χ2v) is 4.85. The van der Waals surface area contributed by atoms with Gasteiger partial charge in [0.15, 0.2) is 5.96 Å². The van der Waals surface area contributed by atoms with E-state index >= 15 is 0 Å². The lowest BCUT2D eigenvalue weighted by molar-refractivity contribution is 0.396. The van der Waals surface area contributed by atoms with Crippen LogP contribution in [0.2, 0.25) is 0 Å². The van der Waals surface area contributed by atoms with Crippen molar-refractivity contribution in [2.75, 3.05) is 13.7 Å². The minimum Gasteiger partial charge on any atom is -0.481 e. The van der Waals surface area contributed by atoms with Gasteiger partial charge >= 0.3 is 0 Å². The molecule has 0 amide bonds. The Labute approximate surface area is 158 Å². The molecule has 0 saturated heterocycles. The Balaban J connectivity index is 0.00000288. The summed E-state index contributed by atoms with van der Waals surface area (Å²) in [4.78, 5) is 8.79. The summed E-state index contributed by atoms with van der Waals surface area (Å²) < 4.78 is 18.3. The summed E-state index contributed by atoms with van der Waals surface area (Å²) in [5.74, 6) is 0.976. The number of ether oxygens (including phenoxy) is 1. The molecule has 0 aliphatic heterocycles. The van der Waals surface area contributed by atoms with Gasteiger partial charge in [-0.15, -0.1) is 24.0 Å².